The number of rotatable bonds is 6. The number of benzene rings is 1. The summed E-state index contributed by atoms with van der Waals surface area (Å²) in [5.41, 5.74) is 1.26. The fourth-order valence-electron chi connectivity index (χ4n) is 2.48. The van der Waals surface area contributed by atoms with E-state index in [9.17, 15) is 4.79 Å². The van der Waals surface area contributed by atoms with Gasteiger partial charge in [-0.25, -0.2) is 0 Å². The Bertz CT molecular complexity index is 415. The van der Waals surface area contributed by atoms with Crippen molar-refractivity contribution in [2.75, 3.05) is 5.75 Å². The van der Waals surface area contributed by atoms with Gasteiger partial charge in [-0.2, -0.15) is 11.8 Å². The first-order valence-corrected chi connectivity index (χ1v) is 8.89. The smallest absolute Gasteiger partial charge is 0.221 e. The van der Waals surface area contributed by atoms with Crippen LogP contribution in [-0.2, 0) is 10.5 Å². The van der Waals surface area contributed by atoms with Gasteiger partial charge in [0.05, 0.1) is 0 Å². The molecule has 0 atom stereocenters. The molecule has 0 unspecified atom stereocenters. The lowest BCUT2D eigenvalue weighted by atomic mass is 9.95. The van der Waals surface area contributed by atoms with Crippen LogP contribution in [0.4, 0.5) is 0 Å². The summed E-state index contributed by atoms with van der Waals surface area (Å²) >= 11 is 7.65. The molecule has 20 heavy (non-hydrogen) atoms. The number of halogens is 1. The summed E-state index contributed by atoms with van der Waals surface area (Å²) in [6, 6.07) is 8.33. The zero-order valence-electron chi connectivity index (χ0n) is 11.7. The molecule has 0 aliphatic heterocycles. The monoisotopic (exact) mass is 311 g/mol. The number of amides is 1. The summed E-state index contributed by atoms with van der Waals surface area (Å²) in [5.74, 6) is 2.02. The van der Waals surface area contributed by atoms with Gasteiger partial charge in [-0.3, -0.25) is 4.79 Å². The maximum Gasteiger partial charge on any atom is 0.221 e. The lowest BCUT2D eigenvalue weighted by molar-refractivity contribution is -0.121. The third kappa shape index (κ3) is 5.76. The minimum atomic E-state index is 0.209. The maximum atomic E-state index is 11.8. The second-order valence-electron chi connectivity index (χ2n) is 5.33. The molecule has 0 heterocycles. The average Bonchev–Trinajstić information content (AvgIpc) is 2.46. The van der Waals surface area contributed by atoms with Crippen molar-refractivity contribution in [2.24, 2.45) is 0 Å². The molecule has 110 valence electrons. The van der Waals surface area contributed by atoms with Crippen LogP contribution in [0.15, 0.2) is 24.3 Å². The Morgan fingerprint density at radius 3 is 2.60 bits per heavy atom. The molecule has 1 saturated carbocycles. The molecular formula is C16H22ClNOS. The summed E-state index contributed by atoms with van der Waals surface area (Å²) in [4.78, 5) is 11.8. The van der Waals surface area contributed by atoms with E-state index in [4.69, 9.17) is 11.6 Å². The Labute approximate surface area is 130 Å². The second kappa shape index (κ2) is 8.58. The van der Waals surface area contributed by atoms with E-state index < -0.39 is 0 Å². The molecule has 0 saturated heterocycles. The van der Waals surface area contributed by atoms with Crippen molar-refractivity contribution in [3.8, 4) is 0 Å². The summed E-state index contributed by atoms with van der Waals surface area (Å²) in [6.07, 6.45) is 6.78. The van der Waals surface area contributed by atoms with Gasteiger partial charge in [0.1, 0.15) is 0 Å². The summed E-state index contributed by atoms with van der Waals surface area (Å²) in [7, 11) is 0. The van der Waals surface area contributed by atoms with Crippen LogP contribution in [0.3, 0.4) is 0 Å². The normalized spacial score (nSPS) is 16.1. The van der Waals surface area contributed by atoms with E-state index in [1.807, 2.05) is 24.3 Å². The number of hydrogen-bond acceptors (Lipinski definition) is 2. The molecule has 1 amide bonds. The van der Waals surface area contributed by atoms with Crippen LogP contribution in [0.2, 0.25) is 5.02 Å². The molecule has 1 aromatic rings. The Morgan fingerprint density at radius 2 is 1.90 bits per heavy atom. The van der Waals surface area contributed by atoms with Crippen molar-refractivity contribution in [1.29, 1.82) is 0 Å². The van der Waals surface area contributed by atoms with E-state index in [1.54, 1.807) is 11.8 Å². The van der Waals surface area contributed by atoms with Gasteiger partial charge in [0, 0.05) is 29.0 Å². The quantitative estimate of drug-likeness (QED) is 0.788. The maximum absolute atomic E-state index is 11.8. The van der Waals surface area contributed by atoms with Gasteiger partial charge in [-0.1, -0.05) is 43.0 Å². The fraction of sp³-hybridized carbons (Fsp3) is 0.562. The highest BCUT2D eigenvalue weighted by molar-refractivity contribution is 7.98. The number of hydrogen-bond donors (Lipinski definition) is 1. The molecular weight excluding hydrogens is 290 g/mol. The molecule has 1 N–H and O–H groups in total. The van der Waals surface area contributed by atoms with Gasteiger partial charge in [0.25, 0.3) is 0 Å². The molecule has 1 aliphatic rings. The predicted octanol–water partition coefficient (Wildman–Crippen LogP) is 4.41. The van der Waals surface area contributed by atoms with Gasteiger partial charge in [-0.05, 0) is 30.5 Å². The van der Waals surface area contributed by atoms with Gasteiger partial charge in [-0.15, -0.1) is 0 Å². The molecule has 1 aliphatic carbocycles. The van der Waals surface area contributed by atoms with Crippen molar-refractivity contribution in [1.82, 2.24) is 5.32 Å². The Hall–Kier alpha value is -0.670. The fourth-order valence-corrected chi connectivity index (χ4v) is 3.51. The summed E-state index contributed by atoms with van der Waals surface area (Å²) in [5, 5.41) is 3.92. The number of carbonyl (C=O) groups is 1. The first kappa shape index (κ1) is 15.7. The van der Waals surface area contributed by atoms with E-state index >= 15 is 0 Å². The molecule has 0 aromatic heterocycles. The van der Waals surface area contributed by atoms with Crippen molar-refractivity contribution >= 4 is 29.3 Å². The second-order valence-corrected chi connectivity index (χ2v) is 6.87. The lowest BCUT2D eigenvalue weighted by Gasteiger charge is -2.22. The first-order valence-electron chi connectivity index (χ1n) is 7.35. The third-order valence-corrected chi connectivity index (χ3v) is 4.91. The van der Waals surface area contributed by atoms with E-state index in [0.717, 1.165) is 29.4 Å². The third-order valence-electron chi connectivity index (χ3n) is 3.63. The molecule has 2 nitrogen and oxygen atoms in total. The lowest BCUT2D eigenvalue weighted by Crippen LogP contribution is -2.36. The van der Waals surface area contributed by atoms with Crippen LogP contribution in [0, 0.1) is 0 Å². The zero-order chi connectivity index (χ0) is 14.2. The van der Waals surface area contributed by atoms with Crippen LogP contribution in [0.5, 0.6) is 0 Å². The van der Waals surface area contributed by atoms with Crippen LogP contribution >= 0.6 is 23.4 Å². The van der Waals surface area contributed by atoms with Crippen LogP contribution < -0.4 is 5.32 Å². The zero-order valence-corrected chi connectivity index (χ0v) is 13.3. The Morgan fingerprint density at radius 1 is 1.20 bits per heavy atom. The topological polar surface area (TPSA) is 29.1 Å². The Balaban J connectivity index is 1.58. The van der Waals surface area contributed by atoms with E-state index in [2.05, 4.69) is 5.32 Å². The van der Waals surface area contributed by atoms with E-state index in [0.29, 0.717) is 12.5 Å². The van der Waals surface area contributed by atoms with Gasteiger partial charge in [0.15, 0.2) is 0 Å². The van der Waals surface area contributed by atoms with Crippen molar-refractivity contribution in [3.05, 3.63) is 34.9 Å². The highest BCUT2D eigenvalue weighted by atomic mass is 35.5. The van der Waals surface area contributed by atoms with Gasteiger partial charge >= 0.3 is 0 Å². The van der Waals surface area contributed by atoms with Crippen LogP contribution in [-0.4, -0.2) is 17.7 Å². The van der Waals surface area contributed by atoms with Crippen molar-refractivity contribution < 1.29 is 4.79 Å². The highest BCUT2D eigenvalue weighted by Crippen LogP contribution is 2.18. The molecule has 2 rings (SSSR count). The number of carbonyl (C=O) groups excluding carboxylic acids is 1. The van der Waals surface area contributed by atoms with Crippen LogP contribution in [0.1, 0.15) is 44.1 Å². The summed E-state index contributed by atoms with van der Waals surface area (Å²) < 4.78 is 0. The summed E-state index contributed by atoms with van der Waals surface area (Å²) in [6.45, 7) is 0. The van der Waals surface area contributed by atoms with E-state index in [1.165, 1.54) is 24.8 Å². The minimum absolute atomic E-state index is 0.209. The van der Waals surface area contributed by atoms with Crippen molar-refractivity contribution in [3.63, 3.8) is 0 Å². The molecule has 0 bridgehead atoms. The highest BCUT2D eigenvalue weighted by Gasteiger charge is 2.15. The first-order chi connectivity index (χ1) is 9.74. The Kier molecular flexibility index (Phi) is 6.74. The van der Waals surface area contributed by atoms with Gasteiger partial charge in [0.2, 0.25) is 5.91 Å². The molecule has 4 heteroatoms. The SMILES string of the molecule is O=C(CCSCc1ccc(Cl)cc1)NC1CCCCC1. The van der Waals surface area contributed by atoms with Crippen molar-refractivity contribution in [2.45, 2.75) is 50.3 Å². The van der Waals surface area contributed by atoms with Gasteiger partial charge < -0.3 is 5.32 Å². The average molecular weight is 312 g/mol. The minimum Gasteiger partial charge on any atom is -0.353 e. The molecule has 1 fully saturated rings. The van der Waals surface area contributed by atoms with Crippen LogP contribution in [0.25, 0.3) is 0 Å². The largest absolute Gasteiger partial charge is 0.353 e. The predicted molar refractivity (Wildman–Crippen MR) is 87.2 cm³/mol. The van der Waals surface area contributed by atoms with E-state index in [-0.39, 0.29) is 5.91 Å². The molecule has 0 radical (unpaired) electrons. The molecule has 1 aromatic carbocycles. The number of nitrogens with one attached hydrogen (secondary N) is 1. The molecule has 0 spiro atoms. The standard InChI is InChI=1S/C16H22ClNOS/c17-14-8-6-13(7-9-14)12-20-11-10-16(19)18-15-4-2-1-3-5-15/h6-9,15H,1-5,10-12H2,(H,18,19). The number of thioether (sulfide) groups is 1.